The number of nitrogens with zero attached hydrogens (tertiary/aromatic N) is 3. The van der Waals surface area contributed by atoms with E-state index in [0.717, 1.165) is 24.1 Å². The van der Waals surface area contributed by atoms with Gasteiger partial charge < -0.3 is 4.74 Å². The normalized spacial score (nSPS) is 10.7. The number of carbonyl (C=O) groups is 1. The summed E-state index contributed by atoms with van der Waals surface area (Å²) < 4.78 is 6.84. The van der Waals surface area contributed by atoms with Crippen molar-refractivity contribution in [1.29, 1.82) is 0 Å². The van der Waals surface area contributed by atoms with Crippen molar-refractivity contribution >= 4 is 22.4 Å². The topological polar surface area (TPSA) is 86.1 Å². The fraction of sp³-hybridized carbons (Fsp3) is 0.200. The minimum atomic E-state index is -0.424. The van der Waals surface area contributed by atoms with E-state index in [1.54, 1.807) is 0 Å². The first-order valence-corrected chi connectivity index (χ1v) is 11.6. The average Bonchev–Trinajstić information content (AvgIpc) is 3.30. The molecule has 0 aliphatic rings. The van der Waals surface area contributed by atoms with Gasteiger partial charge in [0.05, 0.1) is 12.2 Å². The lowest BCUT2D eigenvalue weighted by molar-refractivity contribution is 0.101. The number of carbonyl (C=O) groups excluding carboxylic acids is 1. The number of benzene rings is 2. The van der Waals surface area contributed by atoms with Gasteiger partial charge in [-0.2, -0.15) is 5.10 Å². The van der Waals surface area contributed by atoms with Crippen molar-refractivity contribution in [2.75, 3.05) is 11.9 Å². The maximum absolute atomic E-state index is 12.7. The van der Waals surface area contributed by atoms with Crippen LogP contribution in [0.3, 0.4) is 0 Å². The second kappa shape index (κ2) is 10.7. The first-order chi connectivity index (χ1) is 16.1. The van der Waals surface area contributed by atoms with Crippen LogP contribution in [0.5, 0.6) is 5.75 Å². The molecule has 0 saturated carbocycles. The van der Waals surface area contributed by atoms with Gasteiger partial charge >= 0.3 is 0 Å². The number of aromatic nitrogens is 3. The molecule has 0 radical (unpaired) electrons. The summed E-state index contributed by atoms with van der Waals surface area (Å²) in [6, 6.07) is 20.3. The van der Waals surface area contributed by atoms with Crippen molar-refractivity contribution in [2.45, 2.75) is 26.3 Å². The van der Waals surface area contributed by atoms with Gasteiger partial charge in [-0.15, -0.1) is 11.3 Å². The molecule has 0 unspecified atom stereocenters. The molecule has 7 nitrogen and oxygen atoms in total. The Balaban J connectivity index is 1.39. The van der Waals surface area contributed by atoms with E-state index in [0.29, 0.717) is 10.9 Å². The summed E-state index contributed by atoms with van der Waals surface area (Å²) in [5.74, 6) is 0.283. The predicted molar refractivity (Wildman–Crippen MR) is 130 cm³/mol. The number of amides is 1. The van der Waals surface area contributed by atoms with E-state index >= 15 is 0 Å². The SMILES string of the molecule is CCCc1ccc(-c2csc(NC(=O)c3ccc(=O)n(CCOc4ccccc4)n3)n2)cc1. The van der Waals surface area contributed by atoms with E-state index in [1.165, 1.54) is 33.7 Å². The summed E-state index contributed by atoms with van der Waals surface area (Å²) in [6.07, 6.45) is 2.15. The van der Waals surface area contributed by atoms with Gasteiger partial charge in [0, 0.05) is 17.0 Å². The monoisotopic (exact) mass is 460 g/mol. The van der Waals surface area contributed by atoms with Crippen LogP contribution in [0.15, 0.2) is 76.9 Å². The van der Waals surface area contributed by atoms with Crippen molar-refractivity contribution in [3.8, 4) is 17.0 Å². The smallest absolute Gasteiger partial charge is 0.277 e. The molecule has 0 aliphatic carbocycles. The molecule has 33 heavy (non-hydrogen) atoms. The van der Waals surface area contributed by atoms with Gasteiger partial charge in [-0.1, -0.05) is 55.8 Å². The lowest BCUT2D eigenvalue weighted by Crippen LogP contribution is -2.28. The molecular formula is C25H24N4O3S. The van der Waals surface area contributed by atoms with Crippen LogP contribution in [0.4, 0.5) is 5.13 Å². The Labute approximate surface area is 195 Å². The molecule has 1 amide bonds. The minimum absolute atomic E-state index is 0.134. The molecule has 0 bridgehead atoms. The lowest BCUT2D eigenvalue weighted by Gasteiger charge is -2.08. The summed E-state index contributed by atoms with van der Waals surface area (Å²) in [4.78, 5) is 29.3. The maximum atomic E-state index is 12.7. The highest BCUT2D eigenvalue weighted by Gasteiger charge is 2.13. The van der Waals surface area contributed by atoms with Crippen molar-refractivity contribution in [3.05, 3.63) is 93.7 Å². The largest absolute Gasteiger partial charge is 0.492 e. The number of aryl methyl sites for hydroxylation is 1. The van der Waals surface area contributed by atoms with E-state index in [4.69, 9.17) is 4.74 Å². The summed E-state index contributed by atoms with van der Waals surface area (Å²) in [5, 5.41) is 9.32. The van der Waals surface area contributed by atoms with Gasteiger partial charge in [0.25, 0.3) is 11.5 Å². The van der Waals surface area contributed by atoms with Crippen molar-refractivity contribution in [1.82, 2.24) is 14.8 Å². The van der Waals surface area contributed by atoms with Crippen LogP contribution >= 0.6 is 11.3 Å². The van der Waals surface area contributed by atoms with E-state index in [1.807, 2.05) is 47.8 Å². The average molecular weight is 461 g/mol. The Bertz CT molecular complexity index is 1270. The Morgan fingerprint density at radius 2 is 1.85 bits per heavy atom. The van der Waals surface area contributed by atoms with Crippen LogP contribution in [-0.2, 0) is 13.0 Å². The second-order valence-corrected chi connectivity index (χ2v) is 8.24. The third-order valence-corrected chi connectivity index (χ3v) is 5.69. The number of hydrogen-bond donors (Lipinski definition) is 1. The molecule has 2 heterocycles. The van der Waals surface area contributed by atoms with Gasteiger partial charge in [0.1, 0.15) is 18.1 Å². The van der Waals surface area contributed by atoms with Crippen LogP contribution in [0, 0.1) is 0 Å². The molecular weight excluding hydrogens is 436 g/mol. The highest BCUT2D eigenvalue weighted by atomic mass is 32.1. The fourth-order valence-corrected chi connectivity index (χ4v) is 3.97. The Hall–Kier alpha value is -3.78. The van der Waals surface area contributed by atoms with Gasteiger partial charge in [-0.3, -0.25) is 14.9 Å². The predicted octanol–water partition coefficient (Wildman–Crippen LogP) is 4.65. The number of hydrogen-bond acceptors (Lipinski definition) is 6. The summed E-state index contributed by atoms with van der Waals surface area (Å²) in [7, 11) is 0. The summed E-state index contributed by atoms with van der Waals surface area (Å²) in [5.41, 5.74) is 2.92. The second-order valence-electron chi connectivity index (χ2n) is 7.38. The van der Waals surface area contributed by atoms with Crippen LogP contribution in [0.25, 0.3) is 11.3 Å². The molecule has 1 N–H and O–H groups in total. The zero-order valence-electron chi connectivity index (χ0n) is 18.2. The molecule has 4 rings (SSSR count). The quantitative estimate of drug-likeness (QED) is 0.393. The van der Waals surface area contributed by atoms with E-state index in [2.05, 4.69) is 34.5 Å². The molecule has 0 aliphatic heterocycles. The van der Waals surface area contributed by atoms with Gasteiger partial charge in [0.2, 0.25) is 0 Å². The van der Waals surface area contributed by atoms with Crippen LogP contribution in [-0.4, -0.2) is 27.3 Å². The zero-order valence-corrected chi connectivity index (χ0v) is 19.0. The molecule has 2 aromatic heterocycles. The Kier molecular flexibility index (Phi) is 7.26. The number of anilines is 1. The van der Waals surface area contributed by atoms with Crippen molar-refractivity contribution < 1.29 is 9.53 Å². The zero-order chi connectivity index (χ0) is 23.0. The van der Waals surface area contributed by atoms with Gasteiger partial charge in [-0.05, 0) is 30.2 Å². The number of thiazole rings is 1. The molecule has 0 spiro atoms. The summed E-state index contributed by atoms with van der Waals surface area (Å²) >= 11 is 1.34. The first-order valence-electron chi connectivity index (χ1n) is 10.7. The first kappa shape index (κ1) is 22.4. The van der Waals surface area contributed by atoms with Crippen LogP contribution in [0.2, 0.25) is 0 Å². The van der Waals surface area contributed by atoms with E-state index in [9.17, 15) is 9.59 Å². The Morgan fingerprint density at radius 3 is 2.61 bits per heavy atom. The standard InChI is InChI=1S/C25H24N4O3S/c1-2-6-18-9-11-19(12-10-18)22-17-33-25(26-22)27-24(31)21-13-14-23(30)29(28-21)15-16-32-20-7-4-3-5-8-20/h3-5,7-14,17H,2,6,15-16H2,1H3,(H,26,27,31). The molecule has 4 aromatic rings. The molecule has 0 saturated heterocycles. The third-order valence-electron chi connectivity index (χ3n) is 4.93. The van der Waals surface area contributed by atoms with E-state index in [-0.39, 0.29) is 24.4 Å². The number of rotatable bonds is 9. The molecule has 0 atom stereocenters. The van der Waals surface area contributed by atoms with Crippen LogP contribution < -0.4 is 15.6 Å². The highest BCUT2D eigenvalue weighted by molar-refractivity contribution is 7.14. The number of nitrogens with one attached hydrogen (secondary N) is 1. The molecule has 2 aromatic carbocycles. The molecule has 0 fully saturated rings. The Morgan fingerprint density at radius 1 is 1.06 bits per heavy atom. The van der Waals surface area contributed by atoms with Crippen molar-refractivity contribution in [3.63, 3.8) is 0 Å². The van der Waals surface area contributed by atoms with E-state index < -0.39 is 5.91 Å². The molecule has 168 valence electrons. The minimum Gasteiger partial charge on any atom is -0.492 e. The number of ether oxygens (including phenoxy) is 1. The van der Waals surface area contributed by atoms with Gasteiger partial charge in [0.15, 0.2) is 5.13 Å². The molecule has 8 heteroatoms. The fourth-order valence-electron chi connectivity index (χ4n) is 3.25. The van der Waals surface area contributed by atoms with Crippen LogP contribution in [0.1, 0.15) is 29.4 Å². The van der Waals surface area contributed by atoms with Crippen molar-refractivity contribution in [2.24, 2.45) is 0 Å². The van der Waals surface area contributed by atoms with Gasteiger partial charge in [-0.25, -0.2) is 9.67 Å². The number of para-hydroxylation sites is 1. The summed E-state index contributed by atoms with van der Waals surface area (Å²) in [6.45, 7) is 2.64. The maximum Gasteiger partial charge on any atom is 0.277 e. The highest BCUT2D eigenvalue weighted by Crippen LogP contribution is 2.25. The lowest BCUT2D eigenvalue weighted by atomic mass is 10.1. The third kappa shape index (κ3) is 5.93.